The highest BCUT2D eigenvalue weighted by Gasteiger charge is 2.23. The smallest absolute Gasteiger partial charge is 0.166 e. The van der Waals surface area contributed by atoms with Gasteiger partial charge in [-0.3, -0.25) is 4.68 Å². The first-order valence-corrected chi connectivity index (χ1v) is 7.79. The summed E-state index contributed by atoms with van der Waals surface area (Å²) in [5, 5.41) is 17.9. The lowest BCUT2D eigenvalue weighted by molar-refractivity contribution is 0.792. The molecule has 0 aliphatic heterocycles. The normalized spacial score (nSPS) is 15.3. The first kappa shape index (κ1) is 12.1. The molecule has 0 atom stereocenters. The summed E-state index contributed by atoms with van der Waals surface area (Å²) >= 11 is 1.68. The van der Waals surface area contributed by atoms with E-state index in [9.17, 15) is 0 Å². The maximum atomic E-state index is 4.64. The molecular formula is C14H17N5S. The highest BCUT2D eigenvalue weighted by molar-refractivity contribution is 7.26. The summed E-state index contributed by atoms with van der Waals surface area (Å²) in [6, 6.07) is 0. The van der Waals surface area contributed by atoms with Gasteiger partial charge in [-0.25, -0.2) is 0 Å². The molecule has 1 fully saturated rings. The van der Waals surface area contributed by atoms with Gasteiger partial charge in [0.2, 0.25) is 0 Å². The fourth-order valence-corrected chi connectivity index (χ4v) is 3.76. The molecule has 6 heteroatoms. The maximum absolute atomic E-state index is 4.64. The molecule has 5 nitrogen and oxygen atoms in total. The van der Waals surface area contributed by atoms with Gasteiger partial charge in [-0.15, -0.1) is 16.4 Å². The van der Waals surface area contributed by atoms with Crippen molar-refractivity contribution in [3.8, 4) is 0 Å². The van der Waals surface area contributed by atoms with Gasteiger partial charge in [0.15, 0.2) is 5.82 Å². The highest BCUT2D eigenvalue weighted by Crippen LogP contribution is 2.39. The standard InChI is InChI=1S/C14H17N5S/c1-7-8(2)16-17-14-10(7)11-12(20-14)13(18-19(11)3)15-6-9-4-5-9/h9H,4-6H2,1-3H3,(H,15,18). The molecule has 0 spiro atoms. The number of aryl methyl sites for hydroxylation is 3. The first-order chi connectivity index (χ1) is 9.65. The van der Waals surface area contributed by atoms with Gasteiger partial charge in [-0.05, 0) is 38.2 Å². The Morgan fingerprint density at radius 3 is 2.85 bits per heavy atom. The maximum Gasteiger partial charge on any atom is 0.166 e. The zero-order valence-corrected chi connectivity index (χ0v) is 12.7. The van der Waals surface area contributed by atoms with Crippen LogP contribution in [0.3, 0.4) is 0 Å². The van der Waals surface area contributed by atoms with Gasteiger partial charge in [0.25, 0.3) is 0 Å². The summed E-state index contributed by atoms with van der Waals surface area (Å²) in [7, 11) is 2.01. The second-order valence-corrected chi connectivity index (χ2v) is 6.67. The van der Waals surface area contributed by atoms with Crippen LogP contribution in [-0.2, 0) is 7.05 Å². The minimum atomic E-state index is 0.838. The molecule has 0 radical (unpaired) electrons. The summed E-state index contributed by atoms with van der Waals surface area (Å²) < 4.78 is 3.17. The van der Waals surface area contributed by atoms with Crippen LogP contribution in [0.5, 0.6) is 0 Å². The van der Waals surface area contributed by atoms with Crippen molar-refractivity contribution >= 4 is 37.6 Å². The Morgan fingerprint density at radius 1 is 1.30 bits per heavy atom. The van der Waals surface area contributed by atoms with E-state index in [4.69, 9.17) is 0 Å². The molecule has 0 amide bonds. The molecular weight excluding hydrogens is 270 g/mol. The van der Waals surface area contributed by atoms with E-state index in [0.29, 0.717) is 0 Å². The number of fused-ring (bicyclic) bond motifs is 3. The van der Waals surface area contributed by atoms with Crippen molar-refractivity contribution in [1.82, 2.24) is 20.0 Å². The third-order valence-electron chi connectivity index (χ3n) is 4.12. The SMILES string of the molecule is Cc1nnc2sc3c(NCC4CC4)nn(C)c3c2c1C. The lowest BCUT2D eigenvalue weighted by Gasteiger charge is -2.01. The molecule has 4 rings (SSSR count). The predicted molar refractivity (Wildman–Crippen MR) is 82.4 cm³/mol. The Bertz CT molecular complexity index is 812. The second-order valence-electron chi connectivity index (χ2n) is 5.67. The molecule has 20 heavy (non-hydrogen) atoms. The molecule has 0 bridgehead atoms. The monoisotopic (exact) mass is 287 g/mol. The van der Waals surface area contributed by atoms with Crippen molar-refractivity contribution in [2.45, 2.75) is 26.7 Å². The largest absolute Gasteiger partial charge is 0.367 e. The van der Waals surface area contributed by atoms with Crippen molar-refractivity contribution in [3.05, 3.63) is 11.3 Å². The van der Waals surface area contributed by atoms with E-state index in [1.807, 2.05) is 18.7 Å². The summed E-state index contributed by atoms with van der Waals surface area (Å²) in [6.45, 7) is 5.15. The van der Waals surface area contributed by atoms with Crippen LogP contribution in [0.4, 0.5) is 5.82 Å². The van der Waals surface area contributed by atoms with Gasteiger partial charge >= 0.3 is 0 Å². The van der Waals surface area contributed by atoms with E-state index in [1.54, 1.807) is 11.3 Å². The lowest BCUT2D eigenvalue weighted by atomic mass is 10.1. The van der Waals surface area contributed by atoms with Crippen LogP contribution >= 0.6 is 11.3 Å². The molecule has 104 valence electrons. The summed E-state index contributed by atoms with van der Waals surface area (Å²) in [6.07, 6.45) is 2.69. The van der Waals surface area contributed by atoms with Crippen molar-refractivity contribution in [2.24, 2.45) is 13.0 Å². The van der Waals surface area contributed by atoms with Gasteiger partial charge in [-0.1, -0.05) is 0 Å². The molecule has 3 aromatic heterocycles. The topological polar surface area (TPSA) is 55.6 Å². The number of aromatic nitrogens is 4. The molecule has 1 N–H and O–H groups in total. The number of anilines is 1. The number of nitrogens with zero attached hydrogens (tertiary/aromatic N) is 4. The summed E-state index contributed by atoms with van der Waals surface area (Å²) in [4.78, 5) is 1.01. The molecule has 3 heterocycles. The van der Waals surface area contributed by atoms with Crippen LogP contribution in [-0.4, -0.2) is 26.5 Å². The van der Waals surface area contributed by atoms with Gasteiger partial charge in [0.1, 0.15) is 4.83 Å². The van der Waals surface area contributed by atoms with E-state index in [2.05, 4.69) is 27.5 Å². The minimum absolute atomic E-state index is 0.838. The van der Waals surface area contributed by atoms with Crippen molar-refractivity contribution < 1.29 is 0 Å². The molecule has 0 unspecified atom stereocenters. The van der Waals surface area contributed by atoms with Crippen molar-refractivity contribution in [3.63, 3.8) is 0 Å². The zero-order valence-electron chi connectivity index (χ0n) is 11.9. The number of rotatable bonds is 3. The number of thiophene rings is 1. The molecule has 3 aromatic rings. The van der Waals surface area contributed by atoms with Crippen LogP contribution in [0.2, 0.25) is 0 Å². The Labute approximate surface area is 121 Å². The molecule has 0 saturated heterocycles. The third-order valence-corrected chi connectivity index (χ3v) is 5.19. The van der Waals surface area contributed by atoms with Crippen molar-refractivity contribution in [2.75, 3.05) is 11.9 Å². The van der Waals surface area contributed by atoms with E-state index in [0.717, 1.165) is 28.8 Å². The highest BCUT2D eigenvalue weighted by atomic mass is 32.1. The second kappa shape index (κ2) is 4.15. The van der Waals surface area contributed by atoms with Crippen LogP contribution in [0.1, 0.15) is 24.1 Å². The number of hydrogen-bond acceptors (Lipinski definition) is 5. The molecule has 1 saturated carbocycles. The average Bonchev–Trinajstić information content (AvgIpc) is 3.09. The van der Waals surface area contributed by atoms with E-state index in [1.165, 1.54) is 34.0 Å². The first-order valence-electron chi connectivity index (χ1n) is 6.98. The Morgan fingerprint density at radius 2 is 2.10 bits per heavy atom. The van der Waals surface area contributed by atoms with Crippen LogP contribution in [0.25, 0.3) is 20.4 Å². The predicted octanol–water partition coefficient (Wildman–Crippen LogP) is 3.02. The molecule has 1 aliphatic rings. The Kier molecular flexibility index (Phi) is 2.51. The lowest BCUT2D eigenvalue weighted by Crippen LogP contribution is -2.04. The Hall–Kier alpha value is -1.69. The fraction of sp³-hybridized carbons (Fsp3) is 0.500. The minimum Gasteiger partial charge on any atom is -0.367 e. The third kappa shape index (κ3) is 1.71. The summed E-state index contributed by atoms with van der Waals surface area (Å²) in [5.74, 6) is 1.83. The van der Waals surface area contributed by atoms with Crippen LogP contribution < -0.4 is 5.32 Å². The molecule has 0 aromatic carbocycles. The van der Waals surface area contributed by atoms with E-state index >= 15 is 0 Å². The van der Waals surface area contributed by atoms with E-state index < -0.39 is 0 Å². The van der Waals surface area contributed by atoms with Crippen molar-refractivity contribution in [1.29, 1.82) is 0 Å². The van der Waals surface area contributed by atoms with Gasteiger partial charge in [-0.2, -0.15) is 10.2 Å². The van der Waals surface area contributed by atoms with E-state index in [-0.39, 0.29) is 0 Å². The number of hydrogen-bond donors (Lipinski definition) is 1. The van der Waals surface area contributed by atoms with Crippen LogP contribution in [0.15, 0.2) is 0 Å². The fourth-order valence-electron chi connectivity index (χ4n) is 2.59. The summed E-state index contributed by atoms with van der Waals surface area (Å²) in [5.41, 5.74) is 3.38. The Balaban J connectivity index is 1.92. The molecule has 1 aliphatic carbocycles. The zero-order chi connectivity index (χ0) is 13.9. The number of nitrogens with one attached hydrogen (secondary N) is 1. The van der Waals surface area contributed by atoms with Crippen LogP contribution in [0, 0.1) is 19.8 Å². The van der Waals surface area contributed by atoms with Gasteiger partial charge in [0.05, 0.1) is 15.9 Å². The quantitative estimate of drug-likeness (QED) is 0.804. The average molecular weight is 287 g/mol. The van der Waals surface area contributed by atoms with Gasteiger partial charge in [0, 0.05) is 19.0 Å². The van der Waals surface area contributed by atoms with Gasteiger partial charge < -0.3 is 5.32 Å².